The molecule has 0 aliphatic rings. The van der Waals surface area contributed by atoms with Crippen LogP contribution in [-0.2, 0) is 6.42 Å². The summed E-state index contributed by atoms with van der Waals surface area (Å²) in [6.45, 7) is 2.13. The number of thiazole rings is 1. The molecule has 0 saturated heterocycles. The van der Waals surface area contributed by atoms with Gasteiger partial charge in [0.05, 0.1) is 28.2 Å². The molecule has 138 valence electrons. The van der Waals surface area contributed by atoms with Crippen molar-refractivity contribution in [3.05, 3.63) is 84.4 Å². The molecule has 4 rings (SSSR count). The summed E-state index contributed by atoms with van der Waals surface area (Å²) in [6, 6.07) is 18.0. The van der Waals surface area contributed by atoms with Crippen LogP contribution < -0.4 is 5.43 Å². The van der Waals surface area contributed by atoms with Crippen molar-refractivity contribution in [1.82, 2.24) is 15.0 Å². The molecule has 0 aliphatic heterocycles. The van der Waals surface area contributed by atoms with Gasteiger partial charge in [-0.3, -0.25) is 10.4 Å². The fraction of sp³-hybridized carbons (Fsp3) is 0.0909. The van der Waals surface area contributed by atoms with Crippen LogP contribution in [-0.4, -0.2) is 21.2 Å². The lowest BCUT2D eigenvalue weighted by molar-refractivity contribution is 1.13. The number of hydrogen-bond acceptors (Lipinski definition) is 6. The number of benzene rings is 1. The maximum absolute atomic E-state index is 4.69. The molecule has 0 aliphatic carbocycles. The monoisotopic (exact) mass is 385 g/mol. The molecule has 3 heterocycles. The van der Waals surface area contributed by atoms with Gasteiger partial charge in [-0.15, -0.1) is 11.3 Å². The fourth-order valence-electron chi connectivity index (χ4n) is 2.78. The first-order chi connectivity index (χ1) is 13.8. The number of para-hydroxylation sites is 1. The van der Waals surface area contributed by atoms with E-state index in [-0.39, 0.29) is 0 Å². The van der Waals surface area contributed by atoms with Crippen LogP contribution in [0.4, 0.5) is 5.69 Å². The molecule has 0 bridgehead atoms. The number of aromatic nitrogens is 3. The van der Waals surface area contributed by atoms with Gasteiger partial charge in [-0.05, 0) is 42.3 Å². The van der Waals surface area contributed by atoms with Crippen molar-refractivity contribution in [3.63, 3.8) is 0 Å². The van der Waals surface area contributed by atoms with Crippen molar-refractivity contribution >= 4 is 23.2 Å². The molecule has 0 spiro atoms. The number of rotatable bonds is 6. The van der Waals surface area contributed by atoms with Crippen molar-refractivity contribution in [1.29, 1.82) is 0 Å². The second-order valence-corrected chi connectivity index (χ2v) is 7.13. The maximum Gasteiger partial charge on any atom is 0.125 e. The van der Waals surface area contributed by atoms with E-state index in [9.17, 15) is 0 Å². The highest BCUT2D eigenvalue weighted by Crippen LogP contribution is 2.30. The summed E-state index contributed by atoms with van der Waals surface area (Å²) >= 11 is 1.60. The van der Waals surface area contributed by atoms with Gasteiger partial charge in [0, 0.05) is 24.2 Å². The Hall–Kier alpha value is -3.38. The zero-order valence-electron chi connectivity index (χ0n) is 15.4. The average molecular weight is 385 g/mol. The number of aryl methyl sites for hydroxylation is 1. The summed E-state index contributed by atoms with van der Waals surface area (Å²) in [4.78, 5) is 14.4. The Morgan fingerprint density at radius 1 is 1.04 bits per heavy atom. The van der Waals surface area contributed by atoms with Gasteiger partial charge in [-0.25, -0.2) is 9.97 Å². The minimum Gasteiger partial charge on any atom is -0.278 e. The summed E-state index contributed by atoms with van der Waals surface area (Å²) in [6.07, 6.45) is 8.12. The molecule has 4 aromatic rings. The molecule has 0 atom stereocenters. The van der Waals surface area contributed by atoms with E-state index in [4.69, 9.17) is 0 Å². The predicted octanol–water partition coefficient (Wildman–Crippen LogP) is 5.28. The third-order valence-corrected chi connectivity index (χ3v) is 5.29. The molecule has 1 N–H and O–H groups in total. The van der Waals surface area contributed by atoms with Gasteiger partial charge in [-0.1, -0.05) is 31.2 Å². The first-order valence-electron chi connectivity index (χ1n) is 9.04. The highest BCUT2D eigenvalue weighted by Gasteiger charge is 2.08. The predicted molar refractivity (Wildman–Crippen MR) is 116 cm³/mol. The van der Waals surface area contributed by atoms with Crippen molar-refractivity contribution in [2.75, 3.05) is 5.43 Å². The molecule has 1 aromatic carbocycles. The molecule has 0 amide bonds. The molecule has 0 radical (unpaired) electrons. The van der Waals surface area contributed by atoms with Crippen LogP contribution in [0.3, 0.4) is 0 Å². The molecule has 28 heavy (non-hydrogen) atoms. The average Bonchev–Trinajstić information content (AvgIpc) is 3.25. The second kappa shape index (κ2) is 8.54. The van der Waals surface area contributed by atoms with Crippen LogP contribution in [0.15, 0.2) is 78.3 Å². The van der Waals surface area contributed by atoms with Gasteiger partial charge in [0.1, 0.15) is 5.01 Å². The molecule has 3 aromatic heterocycles. The minimum atomic E-state index is 0.787. The van der Waals surface area contributed by atoms with Gasteiger partial charge in [-0.2, -0.15) is 5.10 Å². The first-order valence-corrected chi connectivity index (χ1v) is 9.86. The van der Waals surface area contributed by atoms with Gasteiger partial charge in [0.15, 0.2) is 0 Å². The standard InChI is InChI=1S/C22H19N5S/c1-2-16-7-3-4-10-19(16)27-25-14-18-9-5-11-20(26-18)21-15-24-22(28-21)17-8-6-12-23-13-17/h3-15,27H,2H2,1H3/b25-14+. The summed E-state index contributed by atoms with van der Waals surface area (Å²) < 4.78 is 0. The lowest BCUT2D eigenvalue weighted by Gasteiger charge is -2.05. The summed E-state index contributed by atoms with van der Waals surface area (Å²) in [5.74, 6) is 0. The molecule has 0 unspecified atom stereocenters. The van der Waals surface area contributed by atoms with E-state index in [0.717, 1.165) is 38.9 Å². The van der Waals surface area contributed by atoms with Gasteiger partial charge in [0.2, 0.25) is 0 Å². The van der Waals surface area contributed by atoms with E-state index >= 15 is 0 Å². The summed E-state index contributed by atoms with van der Waals surface area (Å²) in [5.41, 5.74) is 8.03. The topological polar surface area (TPSA) is 63.1 Å². The SMILES string of the molecule is CCc1ccccc1N/N=C/c1cccc(-c2cnc(-c3cccnc3)s2)n1. The van der Waals surface area contributed by atoms with E-state index < -0.39 is 0 Å². The number of anilines is 1. The van der Waals surface area contributed by atoms with Crippen LogP contribution in [0.5, 0.6) is 0 Å². The normalized spacial score (nSPS) is 11.0. The van der Waals surface area contributed by atoms with E-state index in [1.165, 1.54) is 5.56 Å². The minimum absolute atomic E-state index is 0.787. The third kappa shape index (κ3) is 4.13. The quantitative estimate of drug-likeness (QED) is 0.362. The van der Waals surface area contributed by atoms with Crippen LogP contribution in [0.25, 0.3) is 21.1 Å². The van der Waals surface area contributed by atoms with E-state index in [2.05, 4.69) is 38.5 Å². The van der Waals surface area contributed by atoms with Crippen molar-refractivity contribution in [2.45, 2.75) is 13.3 Å². The molecule has 5 nitrogen and oxygen atoms in total. The van der Waals surface area contributed by atoms with Crippen LogP contribution in [0.2, 0.25) is 0 Å². The Kier molecular flexibility index (Phi) is 5.49. The number of hydrogen-bond donors (Lipinski definition) is 1. The van der Waals surface area contributed by atoms with E-state index in [0.29, 0.717) is 0 Å². The molecular weight excluding hydrogens is 366 g/mol. The Morgan fingerprint density at radius 3 is 2.82 bits per heavy atom. The van der Waals surface area contributed by atoms with Gasteiger partial charge >= 0.3 is 0 Å². The summed E-state index contributed by atoms with van der Waals surface area (Å²) in [7, 11) is 0. The molecule has 0 fully saturated rings. The van der Waals surface area contributed by atoms with Gasteiger partial charge < -0.3 is 0 Å². The van der Waals surface area contributed by atoms with Crippen molar-refractivity contribution < 1.29 is 0 Å². The Bertz CT molecular complexity index is 1090. The lowest BCUT2D eigenvalue weighted by atomic mass is 10.1. The zero-order valence-corrected chi connectivity index (χ0v) is 16.2. The van der Waals surface area contributed by atoms with E-state index in [1.807, 2.05) is 60.9 Å². The number of pyridine rings is 2. The molecule has 0 saturated carbocycles. The smallest absolute Gasteiger partial charge is 0.125 e. The number of nitrogens with zero attached hydrogens (tertiary/aromatic N) is 4. The van der Waals surface area contributed by atoms with Gasteiger partial charge in [0.25, 0.3) is 0 Å². The summed E-state index contributed by atoms with van der Waals surface area (Å²) in [5, 5.41) is 5.28. The highest BCUT2D eigenvalue weighted by molar-refractivity contribution is 7.18. The molecular formula is C22H19N5S. The van der Waals surface area contributed by atoms with Crippen molar-refractivity contribution in [2.24, 2.45) is 5.10 Å². The van der Waals surface area contributed by atoms with E-state index in [1.54, 1.807) is 23.7 Å². The van der Waals surface area contributed by atoms with Crippen LogP contribution in [0, 0.1) is 0 Å². The largest absolute Gasteiger partial charge is 0.278 e. The zero-order chi connectivity index (χ0) is 19.2. The highest BCUT2D eigenvalue weighted by atomic mass is 32.1. The third-order valence-electron chi connectivity index (χ3n) is 4.22. The molecule has 6 heteroatoms. The first kappa shape index (κ1) is 18.0. The second-order valence-electron chi connectivity index (χ2n) is 6.10. The van der Waals surface area contributed by atoms with Crippen molar-refractivity contribution in [3.8, 4) is 21.1 Å². The number of hydrazone groups is 1. The fourth-order valence-corrected chi connectivity index (χ4v) is 3.66. The maximum atomic E-state index is 4.69. The number of nitrogens with one attached hydrogen (secondary N) is 1. The van der Waals surface area contributed by atoms with Crippen LogP contribution in [0.1, 0.15) is 18.2 Å². The van der Waals surface area contributed by atoms with Crippen LogP contribution >= 0.6 is 11.3 Å². The lowest BCUT2D eigenvalue weighted by Crippen LogP contribution is -1.96. The Labute approximate surface area is 167 Å². The Balaban J connectivity index is 1.51. The Morgan fingerprint density at radius 2 is 1.96 bits per heavy atom.